The fraction of sp³-hybridized carbons (Fsp3) is 0.565. The minimum Gasteiger partial charge on any atom is -0.424 e. The summed E-state index contributed by atoms with van der Waals surface area (Å²) >= 11 is 0. The summed E-state index contributed by atoms with van der Waals surface area (Å²) in [6, 6.07) is 10.2. The van der Waals surface area contributed by atoms with Crippen LogP contribution in [0.1, 0.15) is 55.7 Å². The molecule has 2 aliphatic carbocycles. The minimum absolute atomic E-state index is 0.413. The van der Waals surface area contributed by atoms with Crippen molar-refractivity contribution >= 4 is 0 Å². The summed E-state index contributed by atoms with van der Waals surface area (Å²) in [6.45, 7) is 4.89. The molecule has 5 heteroatoms. The van der Waals surface area contributed by atoms with Crippen molar-refractivity contribution in [2.75, 3.05) is 26.2 Å². The molecule has 1 aromatic heterocycles. The monoisotopic (exact) mass is 378 g/mol. The van der Waals surface area contributed by atoms with Crippen molar-refractivity contribution < 1.29 is 4.74 Å². The van der Waals surface area contributed by atoms with Gasteiger partial charge in [0.1, 0.15) is 5.75 Å². The number of hydrogen-bond acceptors (Lipinski definition) is 5. The van der Waals surface area contributed by atoms with E-state index in [1.165, 1.54) is 75.8 Å². The van der Waals surface area contributed by atoms with E-state index in [2.05, 4.69) is 38.0 Å². The molecular weight excluding hydrogens is 348 g/mol. The van der Waals surface area contributed by atoms with Crippen LogP contribution in [0.4, 0.5) is 0 Å². The Kier molecular flexibility index (Phi) is 5.28. The van der Waals surface area contributed by atoms with Gasteiger partial charge in [0.05, 0.1) is 0 Å². The van der Waals surface area contributed by atoms with Crippen LogP contribution in [0.25, 0.3) is 0 Å². The van der Waals surface area contributed by atoms with Crippen LogP contribution in [-0.2, 0) is 6.42 Å². The molecule has 1 unspecified atom stereocenters. The number of ether oxygens (including phenoxy) is 1. The average molecular weight is 379 g/mol. The quantitative estimate of drug-likeness (QED) is 0.797. The Morgan fingerprint density at radius 2 is 1.61 bits per heavy atom. The maximum absolute atomic E-state index is 5.82. The number of aryl methyl sites for hydroxylation is 1. The number of nitrogens with zero attached hydrogens (tertiary/aromatic N) is 4. The van der Waals surface area contributed by atoms with Gasteiger partial charge in [0.15, 0.2) is 0 Å². The van der Waals surface area contributed by atoms with Crippen molar-refractivity contribution in [3.8, 4) is 11.8 Å². The summed E-state index contributed by atoms with van der Waals surface area (Å²) in [6.07, 6.45) is 12.9. The highest BCUT2D eigenvalue weighted by molar-refractivity contribution is 5.41. The van der Waals surface area contributed by atoms with Crippen molar-refractivity contribution in [3.05, 3.63) is 47.8 Å². The first-order chi connectivity index (χ1) is 13.9. The van der Waals surface area contributed by atoms with E-state index < -0.39 is 0 Å². The number of rotatable bonds is 4. The van der Waals surface area contributed by atoms with Crippen LogP contribution in [0, 0.1) is 0 Å². The Morgan fingerprint density at radius 1 is 0.857 bits per heavy atom. The second-order valence-corrected chi connectivity index (χ2v) is 8.41. The molecule has 1 atom stereocenters. The fourth-order valence-electron chi connectivity index (χ4n) is 5.32. The Hall–Kier alpha value is -1.98. The van der Waals surface area contributed by atoms with Crippen LogP contribution in [-0.4, -0.2) is 52.0 Å². The molecule has 148 valence electrons. The van der Waals surface area contributed by atoms with Gasteiger partial charge < -0.3 is 4.74 Å². The molecular formula is C23H30N4O. The second-order valence-electron chi connectivity index (χ2n) is 8.41. The zero-order valence-corrected chi connectivity index (χ0v) is 16.6. The van der Waals surface area contributed by atoms with Crippen LogP contribution in [0.3, 0.4) is 0 Å². The van der Waals surface area contributed by atoms with Gasteiger partial charge in [-0.3, -0.25) is 9.80 Å². The lowest BCUT2D eigenvalue weighted by Gasteiger charge is -2.42. The van der Waals surface area contributed by atoms with Gasteiger partial charge in [-0.15, -0.1) is 0 Å². The van der Waals surface area contributed by atoms with Gasteiger partial charge in [-0.25, -0.2) is 9.97 Å². The lowest BCUT2D eigenvalue weighted by Crippen LogP contribution is -2.51. The Morgan fingerprint density at radius 3 is 2.39 bits per heavy atom. The third-order valence-corrected chi connectivity index (χ3v) is 6.79. The third-order valence-electron chi connectivity index (χ3n) is 6.79. The van der Waals surface area contributed by atoms with Crippen LogP contribution in [0.15, 0.2) is 36.7 Å². The molecule has 3 aliphatic rings. The predicted octanol–water partition coefficient (Wildman–Crippen LogP) is 4.21. The maximum atomic E-state index is 5.82. The van der Waals surface area contributed by atoms with E-state index in [1.807, 2.05) is 0 Å². The van der Waals surface area contributed by atoms with E-state index in [0.29, 0.717) is 12.1 Å². The van der Waals surface area contributed by atoms with Gasteiger partial charge >= 0.3 is 6.01 Å². The molecule has 0 amide bonds. The van der Waals surface area contributed by atoms with Gasteiger partial charge in [-0.2, -0.15) is 0 Å². The van der Waals surface area contributed by atoms with Gasteiger partial charge in [0.2, 0.25) is 0 Å². The normalized spacial score (nSPS) is 24.2. The molecule has 1 saturated heterocycles. The zero-order chi connectivity index (χ0) is 18.8. The molecule has 0 spiro atoms. The number of hydrogen-bond donors (Lipinski definition) is 0. The van der Waals surface area contributed by atoms with Gasteiger partial charge in [-0.1, -0.05) is 25.3 Å². The molecule has 1 aromatic carbocycles. The molecule has 5 rings (SSSR count). The summed E-state index contributed by atoms with van der Waals surface area (Å²) in [5.41, 5.74) is 2.92. The van der Waals surface area contributed by atoms with Crippen LogP contribution >= 0.6 is 0 Å². The lowest BCUT2D eigenvalue weighted by atomic mass is 9.93. The Bertz CT molecular complexity index is 782. The SMILES string of the molecule is c1cnc(Oc2ccc3c(c2)CCC3N2CCN(C3CCCCC3)CC2)nc1. The molecule has 0 radical (unpaired) electrons. The Balaban J connectivity index is 1.22. The summed E-state index contributed by atoms with van der Waals surface area (Å²) in [4.78, 5) is 13.8. The van der Waals surface area contributed by atoms with Crippen molar-refractivity contribution in [2.24, 2.45) is 0 Å². The summed E-state index contributed by atoms with van der Waals surface area (Å²) in [7, 11) is 0. The highest BCUT2D eigenvalue weighted by Gasteiger charge is 2.32. The highest BCUT2D eigenvalue weighted by Crippen LogP contribution is 2.38. The summed E-state index contributed by atoms with van der Waals surface area (Å²) < 4.78 is 5.82. The number of benzene rings is 1. The van der Waals surface area contributed by atoms with E-state index in [0.717, 1.165) is 18.2 Å². The smallest absolute Gasteiger partial charge is 0.321 e. The van der Waals surface area contributed by atoms with Gasteiger partial charge in [0.25, 0.3) is 0 Å². The summed E-state index contributed by atoms with van der Waals surface area (Å²) in [5, 5.41) is 0. The van der Waals surface area contributed by atoms with Crippen molar-refractivity contribution in [2.45, 2.75) is 57.0 Å². The number of fused-ring (bicyclic) bond motifs is 1. The molecule has 0 bridgehead atoms. The first-order valence-corrected chi connectivity index (χ1v) is 10.9. The maximum Gasteiger partial charge on any atom is 0.321 e. The van der Waals surface area contributed by atoms with E-state index in [4.69, 9.17) is 4.74 Å². The van der Waals surface area contributed by atoms with Crippen LogP contribution < -0.4 is 4.74 Å². The molecule has 0 N–H and O–H groups in total. The Labute approximate surface area is 167 Å². The molecule has 1 aliphatic heterocycles. The van der Waals surface area contributed by atoms with Gasteiger partial charge in [-0.05, 0) is 55.0 Å². The van der Waals surface area contributed by atoms with E-state index in [9.17, 15) is 0 Å². The zero-order valence-electron chi connectivity index (χ0n) is 16.6. The molecule has 28 heavy (non-hydrogen) atoms. The van der Waals surface area contributed by atoms with Crippen LogP contribution in [0.5, 0.6) is 11.8 Å². The van der Waals surface area contributed by atoms with Gasteiger partial charge in [0, 0.05) is 50.7 Å². The van der Waals surface area contributed by atoms with E-state index in [-0.39, 0.29) is 0 Å². The average Bonchev–Trinajstić information content (AvgIpc) is 3.18. The fourth-order valence-corrected chi connectivity index (χ4v) is 5.32. The predicted molar refractivity (Wildman–Crippen MR) is 110 cm³/mol. The highest BCUT2D eigenvalue weighted by atomic mass is 16.5. The third kappa shape index (κ3) is 3.78. The molecule has 2 fully saturated rings. The lowest BCUT2D eigenvalue weighted by molar-refractivity contribution is 0.0564. The van der Waals surface area contributed by atoms with Crippen molar-refractivity contribution in [1.82, 2.24) is 19.8 Å². The van der Waals surface area contributed by atoms with E-state index >= 15 is 0 Å². The standard InChI is InChI=1S/C23H30N4O/c1-2-5-19(6-3-1)26-13-15-27(16-14-26)22-10-7-18-17-20(8-9-21(18)22)28-23-24-11-4-12-25-23/h4,8-9,11-12,17,19,22H,1-3,5-7,10,13-16H2. The van der Waals surface area contributed by atoms with E-state index in [1.54, 1.807) is 18.5 Å². The van der Waals surface area contributed by atoms with Crippen molar-refractivity contribution in [1.29, 1.82) is 0 Å². The molecule has 2 heterocycles. The number of aromatic nitrogens is 2. The second kappa shape index (κ2) is 8.18. The topological polar surface area (TPSA) is 41.5 Å². The molecule has 1 saturated carbocycles. The summed E-state index contributed by atoms with van der Waals surface area (Å²) in [5.74, 6) is 0.840. The first kappa shape index (κ1) is 18.1. The van der Waals surface area contributed by atoms with Crippen molar-refractivity contribution in [3.63, 3.8) is 0 Å². The first-order valence-electron chi connectivity index (χ1n) is 10.9. The molecule has 5 nitrogen and oxygen atoms in total. The molecule has 2 aromatic rings. The number of piperazine rings is 1. The van der Waals surface area contributed by atoms with Crippen LogP contribution in [0.2, 0.25) is 0 Å². The largest absolute Gasteiger partial charge is 0.424 e. The minimum atomic E-state index is 0.413.